The molecule has 2 aromatic heterocycles. The van der Waals surface area contributed by atoms with Crippen molar-refractivity contribution in [2.24, 2.45) is 13.0 Å². The number of carbonyl (C=O) groups is 1. The van der Waals surface area contributed by atoms with E-state index in [-0.39, 0.29) is 11.8 Å². The number of allylic oxidation sites excluding steroid dienone is 1. The van der Waals surface area contributed by atoms with E-state index in [1.807, 2.05) is 30.2 Å². The van der Waals surface area contributed by atoms with Crippen LogP contribution in [0.4, 0.5) is 17.2 Å². The highest BCUT2D eigenvalue weighted by molar-refractivity contribution is 6.00. The van der Waals surface area contributed by atoms with Crippen LogP contribution in [-0.4, -0.2) is 36.8 Å². The number of aromatic nitrogens is 5. The van der Waals surface area contributed by atoms with Gasteiger partial charge in [-0.3, -0.25) is 19.5 Å². The number of rotatable bonds is 4. The van der Waals surface area contributed by atoms with Gasteiger partial charge in [0.25, 0.3) is 0 Å². The monoisotopic (exact) mass is 387 g/mol. The standard InChI is InChI=1S/C20H17N7O2/c1-26-11-21-18(25-26)13-3-2-4-14(9-13)27-15(10-28)7-8-16-17(27)19(24-23-16)22-20(29)12-5-6-12/h2-4,7-9,11-12H,5-6H2,1H3,(H2,22,23,24,29). The van der Waals surface area contributed by atoms with Crippen LogP contribution in [0.1, 0.15) is 18.5 Å². The number of H-pyrrole nitrogens is 1. The lowest BCUT2D eigenvalue weighted by atomic mass is 10.1. The summed E-state index contributed by atoms with van der Waals surface area (Å²) in [6.07, 6.45) is 6.81. The molecule has 0 bridgehead atoms. The van der Waals surface area contributed by atoms with E-state index >= 15 is 0 Å². The maximum Gasteiger partial charge on any atom is 0.228 e. The molecule has 0 unspecified atom stereocenters. The maximum absolute atomic E-state index is 12.3. The second-order valence-corrected chi connectivity index (χ2v) is 7.05. The van der Waals surface area contributed by atoms with Crippen molar-refractivity contribution in [3.8, 4) is 11.4 Å². The number of nitrogens with one attached hydrogen (secondary N) is 2. The van der Waals surface area contributed by atoms with Gasteiger partial charge in [0.15, 0.2) is 17.6 Å². The zero-order chi connectivity index (χ0) is 20.0. The van der Waals surface area contributed by atoms with Crippen LogP contribution in [-0.2, 0) is 16.6 Å². The van der Waals surface area contributed by atoms with Gasteiger partial charge in [-0.05, 0) is 37.1 Å². The Balaban J connectivity index is 1.59. The van der Waals surface area contributed by atoms with Gasteiger partial charge >= 0.3 is 0 Å². The number of amides is 1. The van der Waals surface area contributed by atoms with Gasteiger partial charge in [-0.15, -0.1) is 0 Å². The summed E-state index contributed by atoms with van der Waals surface area (Å²) in [5.74, 6) is 2.92. The lowest BCUT2D eigenvalue weighted by molar-refractivity contribution is -0.117. The van der Waals surface area contributed by atoms with E-state index in [0.29, 0.717) is 34.4 Å². The summed E-state index contributed by atoms with van der Waals surface area (Å²) < 4.78 is 1.63. The Labute approximate surface area is 165 Å². The molecule has 2 aliphatic rings. The van der Waals surface area contributed by atoms with Crippen molar-refractivity contribution in [2.45, 2.75) is 12.8 Å². The number of hydrogen-bond acceptors (Lipinski definition) is 6. The Bertz CT molecular complexity index is 1200. The molecule has 0 spiro atoms. The minimum atomic E-state index is -0.0585. The van der Waals surface area contributed by atoms with Crippen molar-refractivity contribution in [1.82, 2.24) is 25.0 Å². The first-order valence-corrected chi connectivity index (χ1v) is 9.22. The quantitative estimate of drug-likeness (QED) is 0.666. The number of fused-ring (bicyclic) bond motifs is 1. The molecule has 9 heteroatoms. The van der Waals surface area contributed by atoms with Gasteiger partial charge in [-0.25, -0.2) is 9.78 Å². The summed E-state index contributed by atoms with van der Waals surface area (Å²) in [6, 6.07) is 7.51. The molecule has 0 radical (unpaired) electrons. The summed E-state index contributed by atoms with van der Waals surface area (Å²) in [7, 11) is 1.80. The average molecular weight is 387 g/mol. The molecular weight excluding hydrogens is 370 g/mol. The van der Waals surface area contributed by atoms with E-state index in [1.54, 1.807) is 35.1 Å². The summed E-state index contributed by atoms with van der Waals surface area (Å²) >= 11 is 0. The van der Waals surface area contributed by atoms with E-state index in [2.05, 4.69) is 25.6 Å². The molecule has 1 aliphatic heterocycles. The normalized spacial score (nSPS) is 15.2. The van der Waals surface area contributed by atoms with Crippen LogP contribution in [0.25, 0.3) is 17.5 Å². The van der Waals surface area contributed by atoms with E-state index in [0.717, 1.165) is 18.4 Å². The Morgan fingerprint density at radius 2 is 2.17 bits per heavy atom. The van der Waals surface area contributed by atoms with E-state index in [1.165, 1.54) is 0 Å². The lowest BCUT2D eigenvalue weighted by Crippen LogP contribution is -2.21. The molecule has 144 valence electrons. The summed E-state index contributed by atoms with van der Waals surface area (Å²) in [4.78, 5) is 30.0. The molecular formula is C20H17N7O2. The number of aryl methyl sites for hydroxylation is 1. The third-order valence-corrected chi connectivity index (χ3v) is 4.90. The Morgan fingerprint density at radius 1 is 1.31 bits per heavy atom. The predicted molar refractivity (Wildman–Crippen MR) is 107 cm³/mol. The molecule has 0 saturated heterocycles. The molecule has 1 fully saturated rings. The number of benzene rings is 1. The summed E-state index contributed by atoms with van der Waals surface area (Å²) in [5, 5.41) is 14.4. The van der Waals surface area contributed by atoms with Crippen LogP contribution in [0, 0.1) is 5.92 Å². The smallest absolute Gasteiger partial charge is 0.228 e. The molecule has 2 N–H and O–H groups in total. The number of nitrogens with zero attached hydrogens (tertiary/aromatic N) is 5. The third-order valence-electron chi connectivity index (χ3n) is 4.90. The van der Waals surface area contributed by atoms with Gasteiger partial charge in [0.2, 0.25) is 5.91 Å². The van der Waals surface area contributed by atoms with Crippen molar-refractivity contribution in [2.75, 3.05) is 10.2 Å². The molecule has 0 atom stereocenters. The molecule has 9 nitrogen and oxygen atoms in total. The summed E-state index contributed by atoms with van der Waals surface area (Å²) in [5.41, 5.74) is 3.12. The number of hydrogen-bond donors (Lipinski definition) is 2. The second-order valence-electron chi connectivity index (χ2n) is 7.05. The highest BCUT2D eigenvalue weighted by Crippen LogP contribution is 2.42. The number of anilines is 3. The van der Waals surface area contributed by atoms with Crippen LogP contribution < -0.4 is 10.2 Å². The van der Waals surface area contributed by atoms with Crippen LogP contribution >= 0.6 is 0 Å². The first-order valence-electron chi connectivity index (χ1n) is 9.22. The Morgan fingerprint density at radius 3 is 2.90 bits per heavy atom. The molecule has 3 aromatic rings. The zero-order valence-electron chi connectivity index (χ0n) is 15.6. The van der Waals surface area contributed by atoms with Crippen molar-refractivity contribution >= 4 is 35.1 Å². The zero-order valence-corrected chi connectivity index (χ0v) is 15.6. The van der Waals surface area contributed by atoms with Gasteiger partial charge in [0.1, 0.15) is 17.7 Å². The fraction of sp³-hybridized carbons (Fsp3) is 0.200. The predicted octanol–water partition coefficient (Wildman–Crippen LogP) is 2.43. The third kappa shape index (κ3) is 3.03. The minimum Gasteiger partial charge on any atom is -0.307 e. The van der Waals surface area contributed by atoms with E-state index < -0.39 is 0 Å². The van der Waals surface area contributed by atoms with Crippen molar-refractivity contribution in [3.63, 3.8) is 0 Å². The van der Waals surface area contributed by atoms with Crippen molar-refractivity contribution < 1.29 is 9.59 Å². The fourth-order valence-corrected chi connectivity index (χ4v) is 3.30. The second kappa shape index (κ2) is 6.57. The van der Waals surface area contributed by atoms with Crippen molar-refractivity contribution in [3.05, 3.63) is 48.1 Å². The van der Waals surface area contributed by atoms with Crippen LogP contribution in [0.15, 0.2) is 42.4 Å². The molecule has 3 heterocycles. The Kier molecular flexibility index (Phi) is 3.89. The SMILES string of the molecule is Cn1cnc(-c2cccc(N3C(=C=O)C=Cc4[nH]nc(NC(=O)C5CC5)c43)c2)n1. The van der Waals surface area contributed by atoms with Gasteiger partial charge in [0.05, 0.1) is 5.69 Å². The molecule has 1 aromatic carbocycles. The minimum absolute atomic E-state index is 0.0366. The van der Waals surface area contributed by atoms with Crippen LogP contribution in [0.3, 0.4) is 0 Å². The average Bonchev–Trinajstić information content (AvgIpc) is 3.39. The van der Waals surface area contributed by atoms with Crippen LogP contribution in [0.5, 0.6) is 0 Å². The highest BCUT2D eigenvalue weighted by Gasteiger charge is 2.33. The Hall–Kier alpha value is -3.97. The lowest BCUT2D eigenvalue weighted by Gasteiger charge is -2.27. The fourth-order valence-electron chi connectivity index (χ4n) is 3.30. The highest BCUT2D eigenvalue weighted by atomic mass is 16.2. The summed E-state index contributed by atoms with van der Waals surface area (Å²) in [6.45, 7) is 0. The van der Waals surface area contributed by atoms with Gasteiger partial charge < -0.3 is 5.32 Å². The molecule has 1 amide bonds. The molecule has 29 heavy (non-hydrogen) atoms. The topological polar surface area (TPSA) is 109 Å². The molecule has 5 rings (SSSR count). The first-order chi connectivity index (χ1) is 14.1. The van der Waals surface area contributed by atoms with Gasteiger partial charge in [0, 0.05) is 24.2 Å². The molecule has 1 saturated carbocycles. The first kappa shape index (κ1) is 17.2. The van der Waals surface area contributed by atoms with E-state index in [4.69, 9.17) is 0 Å². The number of aromatic amines is 1. The largest absolute Gasteiger partial charge is 0.307 e. The van der Waals surface area contributed by atoms with E-state index in [9.17, 15) is 9.59 Å². The van der Waals surface area contributed by atoms with Gasteiger partial charge in [-0.1, -0.05) is 12.1 Å². The van der Waals surface area contributed by atoms with Crippen LogP contribution in [0.2, 0.25) is 0 Å². The van der Waals surface area contributed by atoms with Gasteiger partial charge in [-0.2, -0.15) is 10.2 Å². The van der Waals surface area contributed by atoms with Crippen molar-refractivity contribution in [1.29, 1.82) is 0 Å². The maximum atomic E-state index is 12.3. The number of carbonyl (C=O) groups excluding carboxylic acids is 2. The molecule has 1 aliphatic carbocycles.